The Morgan fingerprint density at radius 2 is 1.84 bits per heavy atom. The van der Waals surface area contributed by atoms with Crippen LogP contribution in [0.3, 0.4) is 0 Å². The molecule has 0 saturated carbocycles. The van der Waals surface area contributed by atoms with E-state index in [1.165, 1.54) is 17.4 Å². The molecule has 2 atom stereocenters. The molecule has 0 aliphatic carbocycles. The van der Waals surface area contributed by atoms with Gasteiger partial charge in [-0.15, -0.1) is 16.1 Å². The Morgan fingerprint density at radius 3 is 2.38 bits per heavy atom. The van der Waals surface area contributed by atoms with Crippen LogP contribution >= 0.6 is 38.9 Å². The van der Waals surface area contributed by atoms with Crippen LogP contribution in [0, 0.1) is 12.7 Å². The topological polar surface area (TPSA) is 44.3 Å². The Morgan fingerprint density at radius 1 is 1.25 bits per heavy atom. The smallest absolute Gasteiger partial charge is 0.192 e. The summed E-state index contributed by atoms with van der Waals surface area (Å²) < 4.78 is 37.9. The summed E-state index contributed by atoms with van der Waals surface area (Å²) in [5.74, 6) is -0.367. The molecule has 2 aromatic rings. The Balaban J connectivity index is 2.60. The molecule has 0 bridgehead atoms. The number of halogens is 3. The molecule has 0 saturated heterocycles. The van der Waals surface area contributed by atoms with Gasteiger partial charge >= 0.3 is 0 Å². The van der Waals surface area contributed by atoms with E-state index in [1.807, 2.05) is 33.8 Å². The molecule has 2 rings (SSSR count). The SMILES string of the molecule is Cc1c(Cl)sc(CO[Si](C)(C)C(C)(C)C)c1[C@@H](N[S+]([O-])C(C)(C)C)c1cccc(F)c1Br. The van der Waals surface area contributed by atoms with Crippen molar-refractivity contribution < 1.29 is 13.4 Å². The molecular formula is C23H34BrClFNO2S2Si. The molecule has 0 fully saturated rings. The summed E-state index contributed by atoms with van der Waals surface area (Å²) in [6.45, 7) is 19.1. The van der Waals surface area contributed by atoms with Crippen molar-refractivity contribution in [3.8, 4) is 0 Å². The molecule has 0 spiro atoms. The van der Waals surface area contributed by atoms with Gasteiger partial charge in [0.25, 0.3) is 0 Å². The monoisotopic (exact) mass is 581 g/mol. The highest BCUT2D eigenvalue weighted by Gasteiger charge is 2.39. The predicted molar refractivity (Wildman–Crippen MR) is 143 cm³/mol. The van der Waals surface area contributed by atoms with E-state index >= 15 is 0 Å². The lowest BCUT2D eigenvalue weighted by atomic mass is 9.97. The van der Waals surface area contributed by atoms with Crippen molar-refractivity contribution in [2.45, 2.75) is 84.0 Å². The Bertz CT molecular complexity index is 957. The minimum Gasteiger partial charge on any atom is -0.598 e. The zero-order valence-electron chi connectivity index (χ0n) is 20.3. The highest BCUT2D eigenvalue weighted by atomic mass is 79.9. The molecular weight excluding hydrogens is 549 g/mol. The van der Waals surface area contributed by atoms with E-state index in [0.717, 1.165) is 16.0 Å². The molecule has 32 heavy (non-hydrogen) atoms. The van der Waals surface area contributed by atoms with Crippen molar-refractivity contribution in [1.29, 1.82) is 0 Å². The van der Waals surface area contributed by atoms with Gasteiger partial charge in [-0.1, -0.05) is 44.5 Å². The van der Waals surface area contributed by atoms with E-state index in [-0.39, 0.29) is 10.9 Å². The van der Waals surface area contributed by atoms with Crippen molar-refractivity contribution in [2.75, 3.05) is 0 Å². The Labute approximate surface area is 214 Å². The van der Waals surface area contributed by atoms with Gasteiger partial charge in [0.15, 0.2) is 8.32 Å². The summed E-state index contributed by atoms with van der Waals surface area (Å²) in [6.07, 6.45) is 0. The zero-order valence-corrected chi connectivity index (χ0v) is 25.3. The maximum absolute atomic E-state index is 14.5. The molecule has 1 unspecified atom stereocenters. The van der Waals surface area contributed by atoms with Crippen LogP contribution in [0.25, 0.3) is 0 Å². The fourth-order valence-electron chi connectivity index (χ4n) is 2.81. The summed E-state index contributed by atoms with van der Waals surface area (Å²) in [5, 5.41) is 0.0697. The third-order valence-corrected chi connectivity index (χ3v) is 14.4. The van der Waals surface area contributed by atoms with Crippen molar-refractivity contribution in [1.82, 2.24) is 4.72 Å². The first-order valence-electron chi connectivity index (χ1n) is 10.5. The lowest BCUT2D eigenvalue weighted by molar-refractivity contribution is 0.278. The number of hydrogen-bond acceptors (Lipinski definition) is 4. The van der Waals surface area contributed by atoms with Gasteiger partial charge in [-0.3, -0.25) is 0 Å². The highest BCUT2D eigenvalue weighted by molar-refractivity contribution is 9.10. The van der Waals surface area contributed by atoms with Gasteiger partial charge in [0.2, 0.25) is 0 Å². The first-order chi connectivity index (χ1) is 14.5. The third kappa shape index (κ3) is 6.39. The summed E-state index contributed by atoms with van der Waals surface area (Å²) in [7, 11) is -2.00. The molecule has 0 amide bonds. The van der Waals surface area contributed by atoms with Crippen LogP contribution in [0.2, 0.25) is 22.5 Å². The fraction of sp³-hybridized carbons (Fsp3) is 0.565. The van der Waals surface area contributed by atoms with Gasteiger partial charge in [-0.2, -0.15) is 0 Å². The zero-order chi connectivity index (χ0) is 24.6. The minimum atomic E-state index is -2.00. The summed E-state index contributed by atoms with van der Waals surface area (Å²) in [5.41, 5.74) is 2.47. The molecule has 0 aliphatic rings. The molecule has 1 heterocycles. The number of rotatable bonds is 7. The number of hydrogen-bond donors (Lipinski definition) is 1. The second kappa shape index (κ2) is 10.4. The second-order valence-electron chi connectivity index (χ2n) is 10.5. The van der Waals surface area contributed by atoms with Gasteiger partial charge in [0.1, 0.15) is 16.6 Å². The first kappa shape index (κ1) is 28.3. The fourth-order valence-corrected chi connectivity index (χ4v) is 6.51. The highest BCUT2D eigenvalue weighted by Crippen LogP contribution is 2.43. The Kier molecular flexibility index (Phi) is 9.16. The summed E-state index contributed by atoms with van der Waals surface area (Å²) >= 11 is 10.1. The van der Waals surface area contributed by atoms with E-state index < -0.39 is 30.5 Å². The lowest BCUT2D eigenvalue weighted by Gasteiger charge is -2.36. The molecule has 0 radical (unpaired) electrons. The number of thiophene rings is 1. The van der Waals surface area contributed by atoms with Crippen LogP contribution in [-0.4, -0.2) is 17.6 Å². The standard InChI is InChI=1S/C23H34BrClFNO2S2Si/c1-14-18(17(30-21(14)25)13-29-32(8,9)23(5,6)7)20(27-31(28)22(2,3)4)15-11-10-12-16(26)19(15)24/h10-12,20,27H,13H2,1-9H3/t20-,31?/m0/s1. The average Bonchev–Trinajstić information content (AvgIpc) is 2.93. The van der Waals surface area contributed by atoms with Crippen LogP contribution < -0.4 is 4.72 Å². The van der Waals surface area contributed by atoms with Gasteiger partial charge < -0.3 is 8.98 Å². The van der Waals surface area contributed by atoms with E-state index in [9.17, 15) is 8.94 Å². The quantitative estimate of drug-likeness (QED) is 0.264. The molecule has 1 N–H and O–H groups in total. The van der Waals surface area contributed by atoms with Crippen molar-refractivity contribution >= 4 is 58.5 Å². The third-order valence-electron chi connectivity index (χ3n) is 5.94. The largest absolute Gasteiger partial charge is 0.598 e. The van der Waals surface area contributed by atoms with Gasteiger partial charge in [-0.25, -0.2) is 4.39 Å². The van der Waals surface area contributed by atoms with E-state index in [2.05, 4.69) is 54.5 Å². The Hall–Kier alpha value is 0.0669. The van der Waals surface area contributed by atoms with Crippen LogP contribution in [-0.2, 0) is 22.4 Å². The molecule has 180 valence electrons. The molecule has 3 nitrogen and oxygen atoms in total. The van der Waals surface area contributed by atoms with Crippen molar-refractivity contribution in [3.05, 3.63) is 54.4 Å². The van der Waals surface area contributed by atoms with Crippen LogP contribution in [0.5, 0.6) is 0 Å². The molecule has 1 aromatic carbocycles. The number of nitrogens with one attached hydrogen (secondary N) is 1. The molecule has 0 aliphatic heterocycles. The van der Waals surface area contributed by atoms with Crippen molar-refractivity contribution in [2.24, 2.45) is 0 Å². The van der Waals surface area contributed by atoms with Gasteiger partial charge in [0, 0.05) is 16.2 Å². The van der Waals surface area contributed by atoms with Gasteiger partial charge in [0.05, 0.1) is 15.4 Å². The van der Waals surface area contributed by atoms with Crippen LogP contribution in [0.15, 0.2) is 22.7 Å². The molecule has 1 aromatic heterocycles. The second-order valence-corrected chi connectivity index (χ2v) is 19.8. The van der Waals surface area contributed by atoms with Gasteiger partial charge in [-0.05, 0) is 84.5 Å². The minimum absolute atomic E-state index is 0.0697. The number of benzene rings is 1. The molecule has 9 heteroatoms. The summed E-state index contributed by atoms with van der Waals surface area (Å²) in [6, 6.07) is 4.40. The van der Waals surface area contributed by atoms with Crippen LogP contribution in [0.1, 0.15) is 69.2 Å². The van der Waals surface area contributed by atoms with E-state index in [1.54, 1.807) is 6.07 Å². The average molecular weight is 583 g/mol. The first-order valence-corrected chi connectivity index (χ1v) is 16.6. The normalized spacial score (nSPS) is 15.2. The van der Waals surface area contributed by atoms with Crippen LogP contribution in [0.4, 0.5) is 4.39 Å². The summed E-state index contributed by atoms with van der Waals surface area (Å²) in [4.78, 5) is 0.969. The predicted octanol–water partition coefficient (Wildman–Crippen LogP) is 8.27. The maximum Gasteiger partial charge on any atom is 0.192 e. The lowest BCUT2D eigenvalue weighted by Crippen LogP contribution is -2.42. The van der Waals surface area contributed by atoms with E-state index in [4.69, 9.17) is 16.0 Å². The van der Waals surface area contributed by atoms with Crippen molar-refractivity contribution in [3.63, 3.8) is 0 Å². The van der Waals surface area contributed by atoms with E-state index in [0.29, 0.717) is 21.0 Å². The maximum atomic E-state index is 14.5.